The Balaban J connectivity index is 2.42. The molecule has 6 nitrogen and oxygen atoms in total. The Labute approximate surface area is 152 Å². The van der Waals surface area contributed by atoms with Crippen LogP contribution in [0.3, 0.4) is 0 Å². The fourth-order valence-corrected chi connectivity index (χ4v) is 2.31. The van der Waals surface area contributed by atoms with Gasteiger partial charge in [0.1, 0.15) is 11.4 Å². The average molecular weight is 339 g/mol. The summed E-state index contributed by atoms with van der Waals surface area (Å²) in [7, 11) is 0. The lowest BCUT2D eigenvalue weighted by molar-refractivity contribution is 0.0635. The van der Waals surface area contributed by atoms with Crippen molar-refractivity contribution in [3.63, 3.8) is 0 Å². The third-order valence-corrected chi connectivity index (χ3v) is 3.22. The van der Waals surface area contributed by atoms with Crippen molar-refractivity contribution in [2.24, 2.45) is 0 Å². The predicted octanol–water partition coefficient (Wildman–Crippen LogP) is 3.29. The first-order chi connectivity index (χ1) is 13.7. The second-order valence-corrected chi connectivity index (χ2v) is 6.46. The Morgan fingerprint density at radius 3 is 2.88 bits per heavy atom. The summed E-state index contributed by atoms with van der Waals surface area (Å²) in [6, 6.07) is 3.25. The number of anilines is 1. The number of hydrogen-bond acceptors (Lipinski definition) is 5. The molecular formula is C18H27N3O3. The lowest BCUT2D eigenvalue weighted by atomic mass is 9.99. The van der Waals surface area contributed by atoms with E-state index in [0.29, 0.717) is 30.1 Å². The highest BCUT2D eigenvalue weighted by atomic mass is 16.6. The monoisotopic (exact) mass is 339 g/mol. The molecule has 0 radical (unpaired) electrons. The number of ether oxygens (including phenoxy) is 2. The standard InChI is InChI=1S/C18H27N3O3/c1-18(2,3)24-17(22)20-16-7-6-14(13-8-10-23-11-9-13)15(19-16)12-21(4)5/h6-8H,9-12H2,1-5H3,(H,19,20,22)/i4D3,5D3. The highest BCUT2D eigenvalue weighted by Crippen LogP contribution is 2.26. The van der Waals surface area contributed by atoms with Crippen molar-refractivity contribution >= 4 is 17.5 Å². The smallest absolute Gasteiger partial charge is 0.413 e. The Morgan fingerprint density at radius 1 is 1.46 bits per heavy atom. The van der Waals surface area contributed by atoms with Crippen LogP contribution in [0.1, 0.15) is 46.7 Å². The van der Waals surface area contributed by atoms with E-state index in [4.69, 9.17) is 17.7 Å². The summed E-state index contributed by atoms with van der Waals surface area (Å²) in [4.78, 5) is 16.9. The van der Waals surface area contributed by atoms with E-state index in [1.165, 1.54) is 0 Å². The number of rotatable bonds is 4. The summed E-state index contributed by atoms with van der Waals surface area (Å²) in [6.07, 6.45) is 1.71. The lowest BCUT2D eigenvalue weighted by Crippen LogP contribution is -2.27. The second-order valence-electron chi connectivity index (χ2n) is 6.46. The summed E-state index contributed by atoms with van der Waals surface area (Å²) in [5, 5.41) is 2.50. The molecule has 1 aromatic rings. The fourth-order valence-electron chi connectivity index (χ4n) is 2.31. The highest BCUT2D eigenvalue weighted by molar-refractivity contribution is 5.84. The molecule has 132 valence electrons. The fraction of sp³-hybridized carbons (Fsp3) is 0.556. The molecule has 1 aliphatic rings. The zero-order valence-corrected chi connectivity index (χ0v) is 14.2. The molecule has 0 atom stereocenters. The minimum Gasteiger partial charge on any atom is -0.444 e. The van der Waals surface area contributed by atoms with Crippen LogP contribution in [-0.2, 0) is 16.0 Å². The third-order valence-electron chi connectivity index (χ3n) is 3.22. The average Bonchev–Trinajstić information content (AvgIpc) is 2.57. The minimum absolute atomic E-state index is 0.131. The van der Waals surface area contributed by atoms with Gasteiger partial charge in [0.15, 0.2) is 0 Å². The van der Waals surface area contributed by atoms with Gasteiger partial charge in [-0.1, -0.05) is 6.08 Å². The number of pyridine rings is 1. The summed E-state index contributed by atoms with van der Waals surface area (Å²) >= 11 is 0. The van der Waals surface area contributed by atoms with Gasteiger partial charge in [0.05, 0.1) is 18.9 Å². The van der Waals surface area contributed by atoms with Crippen LogP contribution in [0.4, 0.5) is 10.6 Å². The molecule has 0 saturated heterocycles. The first-order valence-corrected chi connectivity index (χ1v) is 7.72. The molecule has 0 unspecified atom stereocenters. The van der Waals surface area contributed by atoms with Crippen molar-refractivity contribution in [3.05, 3.63) is 29.5 Å². The number of hydrogen-bond donors (Lipinski definition) is 1. The molecule has 0 fully saturated rings. The molecule has 1 amide bonds. The van der Waals surface area contributed by atoms with Crippen LogP contribution in [0.25, 0.3) is 5.57 Å². The topological polar surface area (TPSA) is 63.7 Å². The van der Waals surface area contributed by atoms with Crippen molar-refractivity contribution in [1.82, 2.24) is 9.88 Å². The molecule has 0 saturated carbocycles. The molecule has 0 spiro atoms. The third kappa shape index (κ3) is 5.62. The minimum atomic E-state index is -2.86. The maximum atomic E-state index is 12.1. The van der Waals surface area contributed by atoms with Gasteiger partial charge < -0.3 is 14.4 Å². The molecule has 0 aromatic carbocycles. The van der Waals surface area contributed by atoms with E-state index in [1.807, 2.05) is 6.08 Å². The van der Waals surface area contributed by atoms with Gasteiger partial charge in [-0.15, -0.1) is 0 Å². The van der Waals surface area contributed by atoms with Gasteiger partial charge in [0.25, 0.3) is 0 Å². The number of aromatic nitrogens is 1. The largest absolute Gasteiger partial charge is 0.444 e. The summed E-state index contributed by atoms with van der Waals surface area (Å²) in [6.45, 7) is -0.124. The van der Waals surface area contributed by atoms with E-state index < -0.39 is 32.2 Å². The van der Waals surface area contributed by atoms with Crippen LogP contribution in [0, 0.1) is 0 Å². The second kappa shape index (κ2) is 7.77. The molecule has 24 heavy (non-hydrogen) atoms. The molecular weight excluding hydrogens is 306 g/mol. The zero-order valence-electron chi connectivity index (χ0n) is 20.2. The van der Waals surface area contributed by atoms with Crippen molar-refractivity contribution < 1.29 is 22.5 Å². The molecule has 1 N–H and O–H groups in total. The summed E-state index contributed by atoms with van der Waals surface area (Å²) in [5.41, 5.74) is 1.01. The number of amides is 1. The van der Waals surface area contributed by atoms with Gasteiger partial charge in [-0.05, 0) is 58.8 Å². The Bertz CT molecular complexity index is 786. The Hall–Kier alpha value is -1.92. The first kappa shape index (κ1) is 11.6. The van der Waals surface area contributed by atoms with E-state index in [1.54, 1.807) is 32.9 Å². The quantitative estimate of drug-likeness (QED) is 0.912. The highest BCUT2D eigenvalue weighted by Gasteiger charge is 2.18. The van der Waals surface area contributed by atoms with E-state index in [0.717, 1.165) is 5.57 Å². The molecule has 1 aromatic heterocycles. The van der Waals surface area contributed by atoms with Gasteiger partial charge in [0, 0.05) is 20.3 Å². The van der Waals surface area contributed by atoms with Crippen molar-refractivity contribution in [1.29, 1.82) is 0 Å². The molecule has 2 rings (SSSR count). The molecule has 0 bridgehead atoms. The van der Waals surface area contributed by atoms with Crippen LogP contribution in [0.2, 0.25) is 0 Å². The van der Waals surface area contributed by atoms with Gasteiger partial charge in [-0.3, -0.25) is 5.32 Å². The van der Waals surface area contributed by atoms with Crippen LogP contribution in [0.5, 0.6) is 0 Å². The van der Waals surface area contributed by atoms with E-state index in [2.05, 4.69) is 10.3 Å². The predicted molar refractivity (Wildman–Crippen MR) is 94.9 cm³/mol. The normalized spacial score (nSPS) is 19.9. The Morgan fingerprint density at radius 2 is 2.25 bits per heavy atom. The SMILES string of the molecule is [2H]C([2H])([2H])N(Cc1nc(NC(=O)OC(C)(C)C)ccc1C1=CCOCC1)C([2H])([2H])[2H]. The number of carbonyl (C=O) groups excluding carboxylic acids is 1. The van der Waals surface area contributed by atoms with Crippen molar-refractivity contribution in [3.8, 4) is 0 Å². The number of carbonyl (C=O) groups is 1. The molecule has 0 aliphatic carbocycles. The zero-order chi connectivity index (χ0) is 22.7. The lowest BCUT2D eigenvalue weighted by Gasteiger charge is -2.21. The van der Waals surface area contributed by atoms with Crippen LogP contribution in [-0.4, -0.2) is 48.7 Å². The van der Waals surface area contributed by atoms with E-state index in [-0.39, 0.29) is 11.5 Å². The van der Waals surface area contributed by atoms with E-state index in [9.17, 15) is 4.79 Å². The van der Waals surface area contributed by atoms with Crippen LogP contribution < -0.4 is 5.32 Å². The van der Waals surface area contributed by atoms with Crippen molar-refractivity contribution in [2.75, 3.05) is 32.5 Å². The van der Waals surface area contributed by atoms with Gasteiger partial charge in [-0.2, -0.15) is 0 Å². The number of nitrogens with one attached hydrogen (secondary N) is 1. The molecule has 6 heteroatoms. The first-order valence-electron chi connectivity index (χ1n) is 10.7. The molecule has 2 heterocycles. The van der Waals surface area contributed by atoms with E-state index >= 15 is 0 Å². The molecule has 1 aliphatic heterocycles. The van der Waals surface area contributed by atoms with Gasteiger partial charge >= 0.3 is 6.09 Å². The summed E-state index contributed by atoms with van der Waals surface area (Å²) in [5.74, 6) is 0.131. The maximum Gasteiger partial charge on any atom is 0.413 e. The Kier molecular flexibility index (Phi) is 3.75. The van der Waals surface area contributed by atoms with Gasteiger partial charge in [0.2, 0.25) is 0 Å². The van der Waals surface area contributed by atoms with Gasteiger partial charge in [-0.25, -0.2) is 9.78 Å². The number of nitrogens with zero attached hydrogens (tertiary/aromatic N) is 2. The van der Waals surface area contributed by atoms with Crippen molar-refractivity contribution in [2.45, 2.75) is 39.3 Å². The van der Waals surface area contributed by atoms with Crippen LogP contribution >= 0.6 is 0 Å². The maximum absolute atomic E-state index is 12.1. The summed E-state index contributed by atoms with van der Waals surface area (Å²) < 4.78 is 56.2. The van der Waals surface area contributed by atoms with Crippen LogP contribution in [0.15, 0.2) is 18.2 Å².